The summed E-state index contributed by atoms with van der Waals surface area (Å²) in [6.45, 7) is 4.75. The van der Waals surface area contributed by atoms with E-state index in [9.17, 15) is 4.79 Å². The first kappa shape index (κ1) is 10.5. The summed E-state index contributed by atoms with van der Waals surface area (Å²) in [5.74, 6) is -0.276. The van der Waals surface area contributed by atoms with Crippen molar-refractivity contribution in [2.75, 3.05) is 26.7 Å². The Hall–Kier alpha value is -0.610. The Morgan fingerprint density at radius 1 is 1.54 bits per heavy atom. The lowest BCUT2D eigenvalue weighted by atomic mass is 10.0. The van der Waals surface area contributed by atoms with Crippen molar-refractivity contribution >= 4 is 5.91 Å². The number of rotatable bonds is 4. The molecule has 1 rings (SSSR count). The van der Waals surface area contributed by atoms with Gasteiger partial charge in [-0.05, 0) is 39.9 Å². The topological polar surface area (TPSA) is 58.4 Å². The fourth-order valence-corrected chi connectivity index (χ4v) is 1.67. The fourth-order valence-electron chi connectivity index (χ4n) is 1.67. The van der Waals surface area contributed by atoms with Crippen molar-refractivity contribution in [3.63, 3.8) is 0 Å². The summed E-state index contributed by atoms with van der Waals surface area (Å²) >= 11 is 0. The van der Waals surface area contributed by atoms with Gasteiger partial charge >= 0.3 is 0 Å². The molecular weight excluding hydrogens is 166 g/mol. The van der Waals surface area contributed by atoms with Gasteiger partial charge in [0, 0.05) is 6.54 Å². The molecule has 3 N–H and O–H groups in total. The van der Waals surface area contributed by atoms with E-state index < -0.39 is 5.54 Å². The van der Waals surface area contributed by atoms with Crippen molar-refractivity contribution < 1.29 is 4.79 Å². The second-order valence-corrected chi connectivity index (χ2v) is 3.93. The summed E-state index contributed by atoms with van der Waals surface area (Å²) in [5.41, 5.74) is 4.75. The van der Waals surface area contributed by atoms with Gasteiger partial charge in [-0.3, -0.25) is 4.79 Å². The predicted molar refractivity (Wildman–Crippen MR) is 52.3 cm³/mol. The van der Waals surface area contributed by atoms with Crippen LogP contribution in [0, 0.1) is 0 Å². The van der Waals surface area contributed by atoms with Crippen LogP contribution in [0.1, 0.15) is 19.8 Å². The molecule has 1 unspecified atom stereocenters. The molecule has 0 radical (unpaired) electrons. The molecule has 76 valence electrons. The van der Waals surface area contributed by atoms with E-state index in [1.807, 2.05) is 6.92 Å². The number of likely N-dealkylation sites (N-methyl/N-ethyl adjacent to an activating group) is 1. The maximum atomic E-state index is 11.2. The number of carbonyl (C=O) groups excluding carboxylic acids is 1. The van der Waals surface area contributed by atoms with Gasteiger partial charge in [0.15, 0.2) is 0 Å². The lowest BCUT2D eigenvalue weighted by Gasteiger charge is -2.30. The summed E-state index contributed by atoms with van der Waals surface area (Å²) in [6.07, 6.45) is 2.47. The zero-order chi connectivity index (χ0) is 9.90. The zero-order valence-corrected chi connectivity index (χ0v) is 8.47. The molecule has 1 aliphatic rings. The Balaban J connectivity index is 2.51. The Morgan fingerprint density at radius 3 is 2.46 bits per heavy atom. The van der Waals surface area contributed by atoms with Gasteiger partial charge in [-0.25, -0.2) is 0 Å². The quantitative estimate of drug-likeness (QED) is 0.623. The molecule has 0 aliphatic carbocycles. The van der Waals surface area contributed by atoms with Crippen LogP contribution in [0.25, 0.3) is 0 Å². The summed E-state index contributed by atoms with van der Waals surface area (Å²) in [6, 6.07) is 0. The molecular formula is C9H19N3O. The van der Waals surface area contributed by atoms with Gasteiger partial charge < -0.3 is 16.0 Å². The fraction of sp³-hybridized carbons (Fsp3) is 0.889. The Morgan fingerprint density at radius 2 is 2.08 bits per heavy atom. The number of nitrogens with zero attached hydrogens (tertiary/aromatic N) is 1. The molecule has 1 amide bonds. The highest BCUT2D eigenvalue weighted by Crippen LogP contribution is 2.12. The van der Waals surface area contributed by atoms with Crippen molar-refractivity contribution in [3.05, 3.63) is 0 Å². The Labute approximate surface area is 79.5 Å². The number of primary amides is 1. The van der Waals surface area contributed by atoms with E-state index in [0.717, 1.165) is 19.6 Å². The Bertz CT molecular complexity index is 189. The van der Waals surface area contributed by atoms with Gasteiger partial charge in [-0.2, -0.15) is 0 Å². The number of carbonyl (C=O) groups is 1. The molecule has 1 atom stereocenters. The SMILES string of the molecule is CNC(C)(CN1CCCC1)C(N)=O. The minimum absolute atomic E-state index is 0.276. The zero-order valence-electron chi connectivity index (χ0n) is 8.47. The van der Waals surface area contributed by atoms with Crippen molar-refractivity contribution in [2.45, 2.75) is 25.3 Å². The average Bonchev–Trinajstić information content (AvgIpc) is 2.56. The van der Waals surface area contributed by atoms with Gasteiger partial charge in [0.25, 0.3) is 0 Å². The van der Waals surface area contributed by atoms with Crippen LogP contribution in [-0.2, 0) is 4.79 Å². The highest BCUT2D eigenvalue weighted by atomic mass is 16.1. The Kier molecular flexibility index (Phi) is 3.27. The molecule has 4 heteroatoms. The highest BCUT2D eigenvalue weighted by Gasteiger charge is 2.32. The molecule has 0 saturated carbocycles. The van der Waals surface area contributed by atoms with Gasteiger partial charge in [-0.15, -0.1) is 0 Å². The van der Waals surface area contributed by atoms with Crippen LogP contribution < -0.4 is 11.1 Å². The standard InChI is InChI=1S/C9H19N3O/c1-9(11-2,8(10)13)7-12-5-3-4-6-12/h11H,3-7H2,1-2H3,(H2,10,13). The normalized spacial score (nSPS) is 22.9. The van der Waals surface area contributed by atoms with E-state index in [-0.39, 0.29) is 5.91 Å². The lowest BCUT2D eigenvalue weighted by molar-refractivity contribution is -0.124. The predicted octanol–water partition coefficient (Wildman–Crippen LogP) is -0.454. The van der Waals surface area contributed by atoms with Crippen LogP contribution in [0.3, 0.4) is 0 Å². The van der Waals surface area contributed by atoms with Crippen LogP contribution in [0.2, 0.25) is 0 Å². The molecule has 1 fully saturated rings. The van der Waals surface area contributed by atoms with Gasteiger partial charge in [0.05, 0.1) is 0 Å². The van der Waals surface area contributed by atoms with E-state index in [4.69, 9.17) is 5.73 Å². The molecule has 1 heterocycles. The van der Waals surface area contributed by atoms with Crippen molar-refractivity contribution in [1.29, 1.82) is 0 Å². The maximum Gasteiger partial charge on any atom is 0.238 e. The summed E-state index contributed by atoms with van der Waals surface area (Å²) in [4.78, 5) is 13.5. The molecule has 0 aromatic rings. The van der Waals surface area contributed by atoms with Crippen LogP contribution in [0.15, 0.2) is 0 Å². The lowest BCUT2D eigenvalue weighted by Crippen LogP contribution is -2.58. The molecule has 1 saturated heterocycles. The van der Waals surface area contributed by atoms with Gasteiger partial charge in [0.2, 0.25) is 5.91 Å². The van der Waals surface area contributed by atoms with Crippen molar-refractivity contribution in [2.24, 2.45) is 5.73 Å². The number of hydrogen-bond donors (Lipinski definition) is 2. The van der Waals surface area contributed by atoms with Crippen LogP contribution >= 0.6 is 0 Å². The van der Waals surface area contributed by atoms with Gasteiger partial charge in [-0.1, -0.05) is 0 Å². The van der Waals surface area contributed by atoms with E-state index in [2.05, 4.69) is 10.2 Å². The van der Waals surface area contributed by atoms with E-state index >= 15 is 0 Å². The first-order valence-corrected chi connectivity index (χ1v) is 4.80. The van der Waals surface area contributed by atoms with Gasteiger partial charge in [0.1, 0.15) is 5.54 Å². The minimum atomic E-state index is -0.579. The first-order chi connectivity index (χ1) is 6.08. The molecule has 0 aromatic carbocycles. The summed E-state index contributed by atoms with van der Waals surface area (Å²) in [5, 5.41) is 2.99. The van der Waals surface area contributed by atoms with Crippen molar-refractivity contribution in [3.8, 4) is 0 Å². The van der Waals surface area contributed by atoms with Crippen molar-refractivity contribution in [1.82, 2.24) is 10.2 Å². The van der Waals surface area contributed by atoms with E-state index in [1.165, 1.54) is 12.8 Å². The second kappa shape index (κ2) is 4.07. The largest absolute Gasteiger partial charge is 0.368 e. The highest BCUT2D eigenvalue weighted by molar-refractivity contribution is 5.84. The molecule has 4 nitrogen and oxygen atoms in total. The molecule has 0 spiro atoms. The molecule has 13 heavy (non-hydrogen) atoms. The second-order valence-electron chi connectivity index (χ2n) is 3.93. The maximum absolute atomic E-state index is 11.2. The summed E-state index contributed by atoms with van der Waals surface area (Å²) in [7, 11) is 1.78. The third kappa shape index (κ3) is 2.42. The number of hydrogen-bond acceptors (Lipinski definition) is 3. The monoisotopic (exact) mass is 185 g/mol. The third-order valence-electron chi connectivity index (χ3n) is 2.83. The van der Waals surface area contributed by atoms with Crippen LogP contribution in [0.5, 0.6) is 0 Å². The van der Waals surface area contributed by atoms with Crippen LogP contribution in [0.4, 0.5) is 0 Å². The third-order valence-corrected chi connectivity index (χ3v) is 2.83. The molecule has 0 aromatic heterocycles. The number of likely N-dealkylation sites (tertiary alicyclic amines) is 1. The summed E-state index contributed by atoms with van der Waals surface area (Å²) < 4.78 is 0. The first-order valence-electron chi connectivity index (χ1n) is 4.80. The minimum Gasteiger partial charge on any atom is -0.368 e. The number of nitrogens with two attached hydrogens (primary N) is 1. The van der Waals surface area contributed by atoms with E-state index in [1.54, 1.807) is 7.05 Å². The number of amides is 1. The van der Waals surface area contributed by atoms with E-state index in [0.29, 0.717) is 0 Å². The van der Waals surface area contributed by atoms with Crippen LogP contribution in [-0.4, -0.2) is 43.0 Å². The number of nitrogens with one attached hydrogen (secondary N) is 1. The smallest absolute Gasteiger partial charge is 0.238 e. The molecule has 1 aliphatic heterocycles. The average molecular weight is 185 g/mol. The molecule has 0 bridgehead atoms.